The summed E-state index contributed by atoms with van der Waals surface area (Å²) < 4.78 is 0. The highest BCUT2D eigenvalue weighted by Gasteiger charge is 2.13. The second-order valence-corrected chi connectivity index (χ2v) is 4.79. The summed E-state index contributed by atoms with van der Waals surface area (Å²) in [4.78, 5) is 12.1. The van der Waals surface area contributed by atoms with Crippen LogP contribution in [-0.2, 0) is 0 Å². The monoisotopic (exact) mass is 273 g/mol. The minimum absolute atomic E-state index is 0.00460. The first-order valence-electron chi connectivity index (χ1n) is 6.32. The standard InChI is InChI=1S/C16H16ClNO/c1-2-15(12-8-10-14(17)11-9-12)18-16(19)13-6-4-3-5-7-13/h3-11,15H,2H2,1H3,(H,18,19). The fourth-order valence-corrected chi connectivity index (χ4v) is 2.07. The van der Waals surface area contributed by atoms with Gasteiger partial charge in [-0.1, -0.05) is 48.9 Å². The Morgan fingerprint density at radius 1 is 1.11 bits per heavy atom. The van der Waals surface area contributed by atoms with E-state index in [9.17, 15) is 4.79 Å². The Labute approximate surface area is 118 Å². The molecule has 19 heavy (non-hydrogen) atoms. The molecule has 0 aromatic heterocycles. The predicted molar refractivity (Wildman–Crippen MR) is 78.4 cm³/mol. The molecule has 2 nitrogen and oxygen atoms in total. The average molecular weight is 274 g/mol. The molecule has 2 rings (SSSR count). The van der Waals surface area contributed by atoms with Crippen LogP contribution in [0.1, 0.15) is 35.3 Å². The minimum Gasteiger partial charge on any atom is -0.345 e. The first-order valence-corrected chi connectivity index (χ1v) is 6.70. The van der Waals surface area contributed by atoms with Crippen molar-refractivity contribution >= 4 is 17.5 Å². The van der Waals surface area contributed by atoms with E-state index < -0.39 is 0 Å². The van der Waals surface area contributed by atoms with Gasteiger partial charge in [0, 0.05) is 10.6 Å². The van der Waals surface area contributed by atoms with Crippen molar-refractivity contribution in [2.24, 2.45) is 0 Å². The Morgan fingerprint density at radius 3 is 2.32 bits per heavy atom. The van der Waals surface area contributed by atoms with Gasteiger partial charge in [-0.25, -0.2) is 0 Å². The first-order chi connectivity index (χ1) is 9.20. The van der Waals surface area contributed by atoms with E-state index in [2.05, 4.69) is 5.32 Å². The van der Waals surface area contributed by atoms with Crippen LogP contribution in [0.25, 0.3) is 0 Å². The molecule has 0 spiro atoms. The zero-order valence-electron chi connectivity index (χ0n) is 10.8. The highest BCUT2D eigenvalue weighted by molar-refractivity contribution is 6.30. The number of rotatable bonds is 4. The average Bonchev–Trinajstić information content (AvgIpc) is 2.46. The van der Waals surface area contributed by atoms with Crippen molar-refractivity contribution in [3.8, 4) is 0 Å². The van der Waals surface area contributed by atoms with E-state index in [1.807, 2.05) is 61.5 Å². The molecule has 0 aliphatic carbocycles. The number of carbonyl (C=O) groups is 1. The summed E-state index contributed by atoms with van der Waals surface area (Å²) in [5.41, 5.74) is 1.74. The second-order valence-electron chi connectivity index (χ2n) is 4.35. The highest BCUT2D eigenvalue weighted by atomic mass is 35.5. The van der Waals surface area contributed by atoms with Crippen molar-refractivity contribution < 1.29 is 4.79 Å². The van der Waals surface area contributed by atoms with Crippen LogP contribution < -0.4 is 5.32 Å². The number of carbonyl (C=O) groups excluding carboxylic acids is 1. The van der Waals surface area contributed by atoms with Crippen LogP contribution in [0.4, 0.5) is 0 Å². The fraction of sp³-hybridized carbons (Fsp3) is 0.188. The van der Waals surface area contributed by atoms with Crippen LogP contribution >= 0.6 is 11.6 Å². The summed E-state index contributed by atoms with van der Waals surface area (Å²) in [5.74, 6) is -0.0533. The summed E-state index contributed by atoms with van der Waals surface area (Å²) in [7, 11) is 0. The number of halogens is 1. The second kappa shape index (κ2) is 6.39. The van der Waals surface area contributed by atoms with Crippen LogP contribution in [-0.4, -0.2) is 5.91 Å². The van der Waals surface area contributed by atoms with E-state index in [-0.39, 0.29) is 11.9 Å². The lowest BCUT2D eigenvalue weighted by Gasteiger charge is -2.17. The van der Waals surface area contributed by atoms with Crippen molar-refractivity contribution in [3.63, 3.8) is 0 Å². The van der Waals surface area contributed by atoms with Gasteiger partial charge in [-0.2, -0.15) is 0 Å². The molecule has 2 aromatic carbocycles. The van der Waals surface area contributed by atoms with Crippen molar-refractivity contribution in [1.29, 1.82) is 0 Å². The maximum atomic E-state index is 12.1. The first kappa shape index (κ1) is 13.6. The summed E-state index contributed by atoms with van der Waals surface area (Å²) in [6.45, 7) is 2.05. The number of hydrogen-bond donors (Lipinski definition) is 1. The summed E-state index contributed by atoms with van der Waals surface area (Å²) in [6.07, 6.45) is 0.834. The normalized spacial score (nSPS) is 11.9. The zero-order chi connectivity index (χ0) is 13.7. The molecular formula is C16H16ClNO. The molecule has 0 aliphatic heterocycles. The SMILES string of the molecule is CCC(NC(=O)c1ccccc1)c1ccc(Cl)cc1. The lowest BCUT2D eigenvalue weighted by atomic mass is 10.0. The Balaban J connectivity index is 2.11. The van der Waals surface area contributed by atoms with Crippen LogP contribution in [0.15, 0.2) is 54.6 Å². The number of nitrogens with one attached hydrogen (secondary N) is 1. The van der Waals surface area contributed by atoms with E-state index in [1.54, 1.807) is 0 Å². The maximum absolute atomic E-state index is 12.1. The zero-order valence-corrected chi connectivity index (χ0v) is 11.5. The lowest BCUT2D eigenvalue weighted by molar-refractivity contribution is 0.0935. The van der Waals surface area contributed by atoms with Crippen LogP contribution in [0.3, 0.4) is 0 Å². The van der Waals surface area contributed by atoms with Crippen LogP contribution in [0, 0.1) is 0 Å². The van der Waals surface area contributed by atoms with Gasteiger partial charge in [0.05, 0.1) is 6.04 Å². The third kappa shape index (κ3) is 3.58. The Bertz CT molecular complexity index is 536. The van der Waals surface area contributed by atoms with Crippen LogP contribution in [0.2, 0.25) is 5.02 Å². The van der Waals surface area contributed by atoms with E-state index in [0.29, 0.717) is 10.6 Å². The molecule has 0 saturated heterocycles. The van der Waals surface area contributed by atoms with Crippen molar-refractivity contribution in [2.45, 2.75) is 19.4 Å². The predicted octanol–water partition coefficient (Wildman–Crippen LogP) is 4.22. The van der Waals surface area contributed by atoms with Crippen LogP contribution in [0.5, 0.6) is 0 Å². The Kier molecular flexibility index (Phi) is 4.58. The van der Waals surface area contributed by atoms with Gasteiger partial charge in [-0.3, -0.25) is 4.79 Å². The van der Waals surface area contributed by atoms with Crippen molar-refractivity contribution in [1.82, 2.24) is 5.32 Å². The van der Waals surface area contributed by atoms with Gasteiger partial charge in [-0.05, 0) is 36.2 Å². The molecule has 1 atom stereocenters. The number of amides is 1. The molecule has 1 N–H and O–H groups in total. The van der Waals surface area contributed by atoms with E-state index in [1.165, 1.54) is 0 Å². The molecule has 0 fully saturated rings. The molecule has 98 valence electrons. The Hall–Kier alpha value is -1.80. The molecular weight excluding hydrogens is 258 g/mol. The van der Waals surface area contributed by atoms with Gasteiger partial charge in [0.25, 0.3) is 5.91 Å². The van der Waals surface area contributed by atoms with E-state index in [4.69, 9.17) is 11.6 Å². The van der Waals surface area contributed by atoms with Gasteiger partial charge >= 0.3 is 0 Å². The van der Waals surface area contributed by atoms with E-state index in [0.717, 1.165) is 12.0 Å². The van der Waals surface area contributed by atoms with Gasteiger partial charge in [0.15, 0.2) is 0 Å². The molecule has 0 aliphatic rings. The third-order valence-corrected chi connectivity index (χ3v) is 3.27. The van der Waals surface area contributed by atoms with Crippen molar-refractivity contribution in [3.05, 3.63) is 70.7 Å². The fourth-order valence-electron chi connectivity index (χ4n) is 1.95. The van der Waals surface area contributed by atoms with Gasteiger partial charge in [0.1, 0.15) is 0 Å². The molecule has 1 unspecified atom stereocenters. The third-order valence-electron chi connectivity index (χ3n) is 3.02. The summed E-state index contributed by atoms with van der Waals surface area (Å²) in [5, 5.41) is 3.74. The molecule has 3 heteroatoms. The van der Waals surface area contributed by atoms with Crippen molar-refractivity contribution in [2.75, 3.05) is 0 Å². The molecule has 0 heterocycles. The Morgan fingerprint density at radius 2 is 1.74 bits per heavy atom. The lowest BCUT2D eigenvalue weighted by Crippen LogP contribution is -2.28. The smallest absolute Gasteiger partial charge is 0.251 e. The number of benzene rings is 2. The maximum Gasteiger partial charge on any atom is 0.251 e. The van der Waals surface area contributed by atoms with Gasteiger partial charge in [0.2, 0.25) is 0 Å². The summed E-state index contributed by atoms with van der Waals surface area (Å²) in [6, 6.07) is 16.8. The molecule has 0 bridgehead atoms. The number of hydrogen-bond acceptors (Lipinski definition) is 1. The topological polar surface area (TPSA) is 29.1 Å². The minimum atomic E-state index is -0.0533. The molecule has 2 aromatic rings. The molecule has 1 amide bonds. The van der Waals surface area contributed by atoms with Gasteiger partial charge in [-0.15, -0.1) is 0 Å². The molecule has 0 saturated carbocycles. The van der Waals surface area contributed by atoms with Gasteiger partial charge < -0.3 is 5.32 Å². The quantitative estimate of drug-likeness (QED) is 0.888. The summed E-state index contributed by atoms with van der Waals surface area (Å²) >= 11 is 5.87. The molecule has 0 radical (unpaired) electrons. The highest BCUT2D eigenvalue weighted by Crippen LogP contribution is 2.19. The largest absolute Gasteiger partial charge is 0.345 e. The van der Waals surface area contributed by atoms with E-state index >= 15 is 0 Å².